The number of hydrogen-bond acceptors (Lipinski definition) is 4. The molecule has 2 unspecified atom stereocenters. The van der Waals surface area contributed by atoms with Crippen LogP contribution in [-0.4, -0.2) is 45.3 Å². The van der Waals surface area contributed by atoms with Crippen LogP contribution in [0.1, 0.15) is 182 Å². The Labute approximate surface area is 262 Å². The summed E-state index contributed by atoms with van der Waals surface area (Å²) in [5.41, 5.74) is 0. The van der Waals surface area contributed by atoms with E-state index in [0.717, 1.165) is 38.8 Å². The fourth-order valence-electron chi connectivity index (χ4n) is 5.53. The van der Waals surface area contributed by atoms with Crippen molar-refractivity contribution in [3.63, 3.8) is 0 Å². The molecular weight excluding hydrogens is 522 g/mol. The van der Waals surface area contributed by atoms with Crippen molar-refractivity contribution in [1.29, 1.82) is 0 Å². The summed E-state index contributed by atoms with van der Waals surface area (Å²) < 4.78 is 11.1. The molecule has 0 aromatic carbocycles. The molecule has 5 nitrogen and oxygen atoms in total. The molecule has 0 saturated heterocycles. The van der Waals surface area contributed by atoms with E-state index in [1.54, 1.807) is 0 Å². The Morgan fingerprint density at radius 1 is 0.476 bits per heavy atom. The van der Waals surface area contributed by atoms with Crippen LogP contribution >= 0.6 is 0 Å². The molecule has 0 aromatic rings. The first-order valence-corrected chi connectivity index (χ1v) is 18.6. The molecule has 0 saturated carbocycles. The highest BCUT2D eigenvalue weighted by atomic mass is 16.5. The number of hydrogen-bond donors (Lipinski definition) is 1. The highest BCUT2D eigenvalue weighted by Gasteiger charge is 2.16. The number of esters is 2. The van der Waals surface area contributed by atoms with Crippen molar-refractivity contribution in [1.82, 2.24) is 0 Å². The summed E-state index contributed by atoms with van der Waals surface area (Å²) in [7, 11) is 2.06. The predicted molar refractivity (Wildman–Crippen MR) is 179 cm³/mol. The molecule has 0 rings (SSSR count). The summed E-state index contributed by atoms with van der Waals surface area (Å²) in [4.78, 5) is 25.9. The first kappa shape index (κ1) is 40.9. The SMILES string of the molecule is CCCCCCCCCCCCCC(C)C(=O)OCC[NH+](C)CCOC(=O)C(C)CCCCCCCCCCCCC. The van der Waals surface area contributed by atoms with Gasteiger partial charge in [0.05, 0.1) is 18.9 Å². The second-order valence-electron chi connectivity index (χ2n) is 13.2. The average Bonchev–Trinajstić information content (AvgIpc) is 2.98. The van der Waals surface area contributed by atoms with Gasteiger partial charge in [0.25, 0.3) is 0 Å². The van der Waals surface area contributed by atoms with Crippen LogP contribution in [0.5, 0.6) is 0 Å². The summed E-state index contributed by atoms with van der Waals surface area (Å²) >= 11 is 0. The van der Waals surface area contributed by atoms with Crippen LogP contribution in [-0.2, 0) is 19.1 Å². The lowest BCUT2D eigenvalue weighted by Gasteiger charge is -2.16. The Bertz CT molecular complexity index is 546. The van der Waals surface area contributed by atoms with Gasteiger partial charge in [-0.15, -0.1) is 0 Å². The summed E-state index contributed by atoms with van der Waals surface area (Å²) in [6.45, 7) is 10.9. The highest BCUT2D eigenvalue weighted by molar-refractivity contribution is 5.72. The van der Waals surface area contributed by atoms with Gasteiger partial charge in [-0.3, -0.25) is 9.59 Å². The predicted octanol–water partition coefficient (Wildman–Crippen LogP) is 9.26. The smallest absolute Gasteiger partial charge is 0.308 e. The molecule has 0 aliphatic heterocycles. The van der Waals surface area contributed by atoms with E-state index in [9.17, 15) is 9.59 Å². The van der Waals surface area contributed by atoms with E-state index in [1.165, 1.54) is 133 Å². The number of likely N-dealkylation sites (N-methyl/N-ethyl adjacent to an activating group) is 1. The monoisotopic (exact) mass is 597 g/mol. The lowest BCUT2D eigenvalue weighted by atomic mass is 10.0. The Morgan fingerprint density at radius 3 is 1.02 bits per heavy atom. The fourth-order valence-corrected chi connectivity index (χ4v) is 5.53. The number of quaternary nitrogens is 1. The maximum absolute atomic E-state index is 12.3. The van der Waals surface area contributed by atoms with Gasteiger partial charge in [-0.2, -0.15) is 0 Å². The zero-order valence-corrected chi connectivity index (χ0v) is 29.1. The zero-order chi connectivity index (χ0) is 31.1. The maximum Gasteiger partial charge on any atom is 0.308 e. The Hall–Kier alpha value is -1.10. The van der Waals surface area contributed by atoms with E-state index in [1.807, 2.05) is 13.8 Å². The van der Waals surface area contributed by atoms with Gasteiger partial charge in [-0.25, -0.2) is 0 Å². The van der Waals surface area contributed by atoms with Gasteiger partial charge in [0.15, 0.2) is 0 Å². The van der Waals surface area contributed by atoms with E-state index < -0.39 is 0 Å². The molecule has 250 valence electrons. The second-order valence-corrected chi connectivity index (χ2v) is 13.2. The number of nitrogens with one attached hydrogen (secondary N) is 1. The number of rotatable bonds is 32. The average molecular weight is 597 g/mol. The number of ether oxygens (including phenoxy) is 2. The molecule has 0 bridgehead atoms. The molecule has 0 aliphatic rings. The van der Waals surface area contributed by atoms with Gasteiger partial charge in [-0.05, 0) is 12.8 Å². The first-order valence-electron chi connectivity index (χ1n) is 18.6. The van der Waals surface area contributed by atoms with Crippen LogP contribution in [0, 0.1) is 11.8 Å². The molecule has 5 heteroatoms. The number of unbranched alkanes of at least 4 members (excludes halogenated alkanes) is 20. The normalized spacial score (nSPS) is 13.5. The van der Waals surface area contributed by atoms with Crippen LogP contribution in [0.3, 0.4) is 0 Å². The second kappa shape index (κ2) is 31.3. The van der Waals surface area contributed by atoms with Gasteiger partial charge < -0.3 is 14.4 Å². The Kier molecular flexibility index (Phi) is 30.5. The molecule has 0 radical (unpaired) electrons. The van der Waals surface area contributed by atoms with Gasteiger partial charge in [-0.1, -0.05) is 169 Å². The first-order chi connectivity index (χ1) is 20.4. The third kappa shape index (κ3) is 27.7. The van der Waals surface area contributed by atoms with E-state index in [2.05, 4.69) is 20.9 Å². The molecule has 2 atom stereocenters. The van der Waals surface area contributed by atoms with Crippen LogP contribution in [0.4, 0.5) is 0 Å². The van der Waals surface area contributed by atoms with Crippen LogP contribution in [0.15, 0.2) is 0 Å². The van der Waals surface area contributed by atoms with E-state index in [-0.39, 0.29) is 23.8 Å². The quantitative estimate of drug-likeness (QED) is 0.0621. The van der Waals surface area contributed by atoms with E-state index >= 15 is 0 Å². The molecule has 42 heavy (non-hydrogen) atoms. The molecular formula is C37H74NO4+. The van der Waals surface area contributed by atoms with Crippen molar-refractivity contribution in [3.8, 4) is 0 Å². The third-order valence-electron chi connectivity index (χ3n) is 8.83. The van der Waals surface area contributed by atoms with E-state index in [4.69, 9.17) is 9.47 Å². The topological polar surface area (TPSA) is 57.0 Å². The number of carbonyl (C=O) groups excluding carboxylic acids is 2. The van der Waals surface area contributed by atoms with Crippen LogP contribution in [0.2, 0.25) is 0 Å². The molecule has 0 fully saturated rings. The van der Waals surface area contributed by atoms with Crippen LogP contribution < -0.4 is 4.90 Å². The summed E-state index contributed by atoms with van der Waals surface area (Å²) in [5.74, 6) is -0.187. The Balaban J connectivity index is 3.62. The molecule has 0 heterocycles. The van der Waals surface area contributed by atoms with Crippen molar-refractivity contribution in [2.45, 2.75) is 182 Å². The molecule has 0 amide bonds. The van der Waals surface area contributed by atoms with Gasteiger partial charge >= 0.3 is 11.9 Å². The minimum atomic E-state index is -0.0717. The fraction of sp³-hybridized carbons (Fsp3) is 0.946. The minimum absolute atomic E-state index is 0.0216. The highest BCUT2D eigenvalue weighted by Crippen LogP contribution is 2.16. The van der Waals surface area contributed by atoms with Crippen molar-refractivity contribution in [3.05, 3.63) is 0 Å². The van der Waals surface area contributed by atoms with Crippen molar-refractivity contribution in [2.24, 2.45) is 11.8 Å². The minimum Gasteiger partial charge on any atom is -0.459 e. The summed E-state index contributed by atoms with van der Waals surface area (Å²) in [5, 5.41) is 0. The zero-order valence-electron chi connectivity index (χ0n) is 29.1. The van der Waals surface area contributed by atoms with Gasteiger partial charge in [0, 0.05) is 0 Å². The molecule has 0 aliphatic carbocycles. The Morgan fingerprint density at radius 2 is 0.738 bits per heavy atom. The molecule has 0 spiro atoms. The molecule has 0 aromatic heterocycles. The standard InChI is InChI=1S/C37H73NO4/c1-6-8-10-12-14-16-18-20-22-24-26-28-34(3)36(39)41-32-30-38(5)31-33-42-37(40)35(4)29-27-25-23-21-19-17-15-13-11-9-7-2/h34-35H,6-33H2,1-5H3/p+1. The third-order valence-corrected chi connectivity index (χ3v) is 8.83. The summed E-state index contributed by atoms with van der Waals surface area (Å²) in [6.07, 6.45) is 31.0. The van der Waals surface area contributed by atoms with E-state index in [0.29, 0.717) is 13.2 Å². The lowest BCUT2D eigenvalue weighted by Crippen LogP contribution is -3.10. The lowest BCUT2D eigenvalue weighted by molar-refractivity contribution is -0.880. The van der Waals surface area contributed by atoms with Crippen molar-refractivity contribution in [2.75, 3.05) is 33.4 Å². The summed E-state index contributed by atoms with van der Waals surface area (Å²) in [6, 6.07) is 0. The molecule has 1 N–H and O–H groups in total. The van der Waals surface area contributed by atoms with Crippen molar-refractivity contribution < 1.29 is 24.0 Å². The van der Waals surface area contributed by atoms with Crippen molar-refractivity contribution >= 4 is 11.9 Å². The van der Waals surface area contributed by atoms with Gasteiger partial charge in [0.1, 0.15) is 26.3 Å². The van der Waals surface area contributed by atoms with Gasteiger partial charge in [0.2, 0.25) is 0 Å². The maximum atomic E-state index is 12.3. The van der Waals surface area contributed by atoms with Crippen LogP contribution in [0.25, 0.3) is 0 Å². The number of carbonyl (C=O) groups is 2. The largest absolute Gasteiger partial charge is 0.459 e.